The number of likely N-dealkylation sites (tertiary alicyclic amines) is 1. The third-order valence-corrected chi connectivity index (χ3v) is 5.10. The molecule has 0 radical (unpaired) electrons. The van der Waals surface area contributed by atoms with Crippen molar-refractivity contribution in [2.45, 2.75) is 19.0 Å². The molecule has 5 rings (SSSR count). The molecule has 7 nitrogen and oxygen atoms in total. The minimum absolute atomic E-state index is 0.388. The molecule has 4 aromatic rings. The molecular weight excluding hydrogens is 338 g/mol. The van der Waals surface area contributed by atoms with Gasteiger partial charge in [0.25, 0.3) is 0 Å². The van der Waals surface area contributed by atoms with Crippen molar-refractivity contribution < 1.29 is 0 Å². The van der Waals surface area contributed by atoms with E-state index >= 15 is 0 Å². The molecule has 3 aromatic heterocycles. The Morgan fingerprint density at radius 1 is 1.11 bits per heavy atom. The Bertz CT molecular complexity index is 1090. The van der Waals surface area contributed by atoms with Gasteiger partial charge in [-0.05, 0) is 24.1 Å². The van der Waals surface area contributed by atoms with E-state index in [1.807, 2.05) is 16.5 Å². The predicted octanol–water partition coefficient (Wildman–Crippen LogP) is 2.55. The lowest BCUT2D eigenvalue weighted by molar-refractivity contribution is 0.328. The van der Waals surface area contributed by atoms with Gasteiger partial charge in [-0.2, -0.15) is 0 Å². The van der Waals surface area contributed by atoms with E-state index in [1.165, 1.54) is 5.56 Å². The fourth-order valence-corrected chi connectivity index (χ4v) is 3.77. The molecule has 1 aliphatic rings. The van der Waals surface area contributed by atoms with Crippen LogP contribution in [0.1, 0.15) is 12.0 Å². The Hall–Kier alpha value is -3.19. The Morgan fingerprint density at radius 2 is 2.00 bits per heavy atom. The number of pyridine rings is 1. The molecule has 1 saturated heterocycles. The van der Waals surface area contributed by atoms with Gasteiger partial charge in [0, 0.05) is 25.7 Å². The molecule has 1 fully saturated rings. The first-order chi connectivity index (χ1) is 13.3. The van der Waals surface area contributed by atoms with Crippen molar-refractivity contribution in [1.82, 2.24) is 24.3 Å². The molecule has 4 heterocycles. The molecule has 0 saturated carbocycles. The zero-order valence-electron chi connectivity index (χ0n) is 14.9. The van der Waals surface area contributed by atoms with Crippen molar-refractivity contribution in [3.05, 3.63) is 60.6 Å². The average molecular weight is 359 g/mol. The van der Waals surface area contributed by atoms with Gasteiger partial charge in [0.2, 0.25) is 0 Å². The molecule has 1 aromatic carbocycles. The van der Waals surface area contributed by atoms with E-state index in [-0.39, 0.29) is 0 Å². The highest BCUT2D eigenvalue weighted by Crippen LogP contribution is 2.21. The number of hydrogen-bond acceptors (Lipinski definition) is 6. The maximum Gasteiger partial charge on any atom is 0.166 e. The Morgan fingerprint density at radius 3 is 2.89 bits per heavy atom. The molecule has 27 heavy (non-hydrogen) atoms. The number of imidazole rings is 1. The summed E-state index contributed by atoms with van der Waals surface area (Å²) in [6.07, 6.45) is 4.54. The van der Waals surface area contributed by atoms with E-state index in [4.69, 9.17) is 10.7 Å². The molecule has 0 amide bonds. The summed E-state index contributed by atoms with van der Waals surface area (Å²) >= 11 is 0. The maximum absolute atomic E-state index is 5.99. The summed E-state index contributed by atoms with van der Waals surface area (Å²) < 4.78 is 1.89. The summed E-state index contributed by atoms with van der Waals surface area (Å²) in [6, 6.07) is 14.9. The van der Waals surface area contributed by atoms with Gasteiger partial charge in [-0.1, -0.05) is 30.3 Å². The fraction of sp³-hybridized carbons (Fsp3) is 0.250. The number of benzene rings is 1. The van der Waals surface area contributed by atoms with Gasteiger partial charge in [-0.3, -0.25) is 9.30 Å². The van der Waals surface area contributed by atoms with Crippen LogP contribution in [0.25, 0.3) is 16.7 Å². The number of nitrogen functional groups attached to an aromatic ring is 1. The summed E-state index contributed by atoms with van der Waals surface area (Å²) in [5.41, 5.74) is 9.66. The average Bonchev–Trinajstić information content (AvgIpc) is 3.33. The van der Waals surface area contributed by atoms with E-state index in [0.29, 0.717) is 11.9 Å². The second-order valence-electron chi connectivity index (χ2n) is 7.04. The Balaban J connectivity index is 1.34. The lowest BCUT2D eigenvalue weighted by Crippen LogP contribution is -2.26. The summed E-state index contributed by atoms with van der Waals surface area (Å²) in [7, 11) is 0. The van der Waals surface area contributed by atoms with Crippen LogP contribution in [-0.2, 0) is 6.54 Å². The third-order valence-electron chi connectivity index (χ3n) is 5.10. The summed E-state index contributed by atoms with van der Waals surface area (Å²) in [4.78, 5) is 15.8. The van der Waals surface area contributed by atoms with Crippen LogP contribution < -0.4 is 11.1 Å². The number of nitrogens with two attached hydrogens (primary N) is 1. The van der Waals surface area contributed by atoms with E-state index in [0.717, 1.165) is 48.6 Å². The summed E-state index contributed by atoms with van der Waals surface area (Å²) in [6.45, 7) is 3.09. The van der Waals surface area contributed by atoms with Crippen LogP contribution in [-0.4, -0.2) is 43.4 Å². The standard InChI is InChI=1S/C20H21N7/c21-19-17-10-22-13-27(17)20-16(24-19)6-7-18(25-20)23-15-8-9-26(12-15)11-14-4-2-1-3-5-14/h1-7,10,13,15H,8-9,11-12H2,(H2,21,24)(H,23,25). The fourth-order valence-electron chi connectivity index (χ4n) is 3.77. The molecular formula is C20H21N7. The van der Waals surface area contributed by atoms with Crippen LogP contribution in [0.5, 0.6) is 0 Å². The molecule has 1 aliphatic heterocycles. The highest BCUT2D eigenvalue weighted by Gasteiger charge is 2.22. The van der Waals surface area contributed by atoms with Gasteiger partial charge < -0.3 is 11.1 Å². The van der Waals surface area contributed by atoms with Crippen molar-refractivity contribution in [3.63, 3.8) is 0 Å². The SMILES string of the molecule is Nc1nc2ccc(NC3CCN(Cc4ccccc4)C3)nc2n2cncc12. The predicted molar refractivity (Wildman–Crippen MR) is 106 cm³/mol. The topological polar surface area (TPSA) is 84.4 Å². The number of fused-ring (bicyclic) bond motifs is 3. The first kappa shape index (κ1) is 16.0. The van der Waals surface area contributed by atoms with Crippen molar-refractivity contribution in [1.29, 1.82) is 0 Å². The van der Waals surface area contributed by atoms with Gasteiger partial charge in [0.05, 0.1) is 6.20 Å². The first-order valence-electron chi connectivity index (χ1n) is 9.17. The zero-order valence-corrected chi connectivity index (χ0v) is 14.9. The lowest BCUT2D eigenvalue weighted by atomic mass is 10.2. The minimum atomic E-state index is 0.388. The number of nitrogens with one attached hydrogen (secondary N) is 1. The van der Waals surface area contributed by atoms with Crippen LogP contribution >= 0.6 is 0 Å². The number of nitrogens with zero attached hydrogens (tertiary/aromatic N) is 5. The zero-order chi connectivity index (χ0) is 18.2. The van der Waals surface area contributed by atoms with E-state index in [1.54, 1.807) is 12.5 Å². The lowest BCUT2D eigenvalue weighted by Gasteiger charge is -2.17. The Kier molecular flexibility index (Phi) is 3.86. The second kappa shape index (κ2) is 6.51. The maximum atomic E-state index is 5.99. The number of hydrogen-bond donors (Lipinski definition) is 2. The van der Waals surface area contributed by atoms with E-state index < -0.39 is 0 Å². The summed E-state index contributed by atoms with van der Waals surface area (Å²) in [5, 5.41) is 3.57. The minimum Gasteiger partial charge on any atom is -0.382 e. The highest BCUT2D eigenvalue weighted by molar-refractivity contribution is 5.81. The third kappa shape index (κ3) is 3.06. The quantitative estimate of drug-likeness (QED) is 0.582. The van der Waals surface area contributed by atoms with Crippen LogP contribution in [0.2, 0.25) is 0 Å². The number of anilines is 2. The molecule has 0 aliphatic carbocycles. The largest absolute Gasteiger partial charge is 0.382 e. The van der Waals surface area contributed by atoms with Crippen LogP contribution in [0.3, 0.4) is 0 Å². The van der Waals surface area contributed by atoms with Crippen molar-refractivity contribution in [3.8, 4) is 0 Å². The van der Waals surface area contributed by atoms with Gasteiger partial charge >= 0.3 is 0 Å². The molecule has 136 valence electrons. The van der Waals surface area contributed by atoms with Crippen molar-refractivity contribution >= 4 is 28.3 Å². The number of aromatic nitrogens is 4. The molecule has 1 atom stereocenters. The van der Waals surface area contributed by atoms with Crippen molar-refractivity contribution in [2.24, 2.45) is 0 Å². The molecule has 0 bridgehead atoms. The summed E-state index contributed by atoms with van der Waals surface area (Å²) in [5.74, 6) is 1.32. The van der Waals surface area contributed by atoms with Gasteiger partial charge in [-0.15, -0.1) is 0 Å². The van der Waals surface area contributed by atoms with Crippen LogP contribution in [0.15, 0.2) is 55.0 Å². The molecule has 1 unspecified atom stereocenters. The van der Waals surface area contributed by atoms with E-state index in [2.05, 4.69) is 50.5 Å². The van der Waals surface area contributed by atoms with Gasteiger partial charge in [0.15, 0.2) is 5.65 Å². The van der Waals surface area contributed by atoms with Gasteiger partial charge in [0.1, 0.15) is 29.0 Å². The molecule has 0 spiro atoms. The first-order valence-corrected chi connectivity index (χ1v) is 9.17. The van der Waals surface area contributed by atoms with Crippen LogP contribution in [0.4, 0.5) is 11.6 Å². The second-order valence-corrected chi connectivity index (χ2v) is 7.04. The number of rotatable bonds is 4. The monoisotopic (exact) mass is 359 g/mol. The highest BCUT2D eigenvalue weighted by atomic mass is 15.2. The van der Waals surface area contributed by atoms with Crippen LogP contribution in [0, 0.1) is 0 Å². The Labute approximate surface area is 156 Å². The van der Waals surface area contributed by atoms with Crippen molar-refractivity contribution in [2.75, 3.05) is 24.1 Å². The van der Waals surface area contributed by atoms with Gasteiger partial charge in [-0.25, -0.2) is 15.0 Å². The normalized spacial score (nSPS) is 17.7. The molecule has 3 N–H and O–H groups in total. The molecule has 7 heteroatoms. The smallest absolute Gasteiger partial charge is 0.166 e. The van der Waals surface area contributed by atoms with E-state index in [9.17, 15) is 0 Å².